The molecule has 1 unspecified atom stereocenters. The van der Waals surface area contributed by atoms with Crippen molar-refractivity contribution in [2.24, 2.45) is 0 Å². The first-order valence-electron chi connectivity index (χ1n) is 3.73. The summed E-state index contributed by atoms with van der Waals surface area (Å²) in [6, 6.07) is 0. The number of halogens is 1. The Balaban J connectivity index is 2.50. The van der Waals surface area contributed by atoms with E-state index < -0.39 is 6.10 Å². The molecule has 1 aromatic rings. The van der Waals surface area contributed by atoms with Crippen molar-refractivity contribution in [1.82, 2.24) is 9.97 Å². The molecule has 0 aliphatic carbocycles. The van der Waals surface area contributed by atoms with Crippen LogP contribution >= 0.6 is 11.6 Å². The van der Waals surface area contributed by atoms with E-state index in [1.807, 2.05) is 0 Å². The summed E-state index contributed by atoms with van der Waals surface area (Å²) in [6.07, 6.45) is 2.13. The first kappa shape index (κ1) is 10.2. The molecule has 1 rings (SSSR count). The van der Waals surface area contributed by atoms with Crippen LogP contribution in [-0.4, -0.2) is 39.4 Å². The Morgan fingerprint density at radius 3 is 2.77 bits per heavy atom. The smallest absolute Gasteiger partial charge is 0.171 e. The van der Waals surface area contributed by atoms with Crippen LogP contribution < -0.4 is 5.32 Å². The largest absolute Gasteiger partial charge is 0.394 e. The number of hydrogen-bond donors (Lipinski definition) is 3. The molecule has 0 radical (unpaired) electrons. The Morgan fingerprint density at radius 1 is 1.46 bits per heavy atom. The summed E-state index contributed by atoms with van der Waals surface area (Å²) >= 11 is 5.67. The average molecular weight is 204 g/mol. The number of anilines is 1. The molecule has 0 saturated carbocycles. The van der Waals surface area contributed by atoms with Gasteiger partial charge < -0.3 is 15.5 Å². The fraction of sp³-hybridized carbons (Fsp3) is 0.429. The van der Waals surface area contributed by atoms with Crippen LogP contribution in [0.15, 0.2) is 12.4 Å². The Kier molecular flexibility index (Phi) is 3.88. The monoisotopic (exact) mass is 203 g/mol. The Morgan fingerprint density at radius 2 is 2.15 bits per heavy atom. The molecule has 1 aromatic heterocycles. The van der Waals surface area contributed by atoms with E-state index in [-0.39, 0.29) is 18.3 Å². The number of hydrogen-bond acceptors (Lipinski definition) is 5. The number of nitrogens with one attached hydrogen (secondary N) is 1. The second-order valence-electron chi connectivity index (χ2n) is 2.41. The minimum Gasteiger partial charge on any atom is -0.394 e. The van der Waals surface area contributed by atoms with Crippen molar-refractivity contribution >= 4 is 17.4 Å². The zero-order valence-electron chi connectivity index (χ0n) is 6.81. The van der Waals surface area contributed by atoms with Crippen LogP contribution in [0, 0.1) is 0 Å². The van der Waals surface area contributed by atoms with Gasteiger partial charge in [0.2, 0.25) is 0 Å². The minimum absolute atomic E-state index is 0.189. The fourth-order valence-corrected chi connectivity index (χ4v) is 0.891. The lowest BCUT2D eigenvalue weighted by atomic mass is 10.4. The number of aliphatic hydroxyl groups is 2. The first-order chi connectivity index (χ1) is 6.24. The highest BCUT2D eigenvalue weighted by molar-refractivity contribution is 6.31. The summed E-state index contributed by atoms with van der Waals surface area (Å²) in [6.45, 7) is -0.111. The van der Waals surface area contributed by atoms with Gasteiger partial charge >= 0.3 is 0 Å². The molecule has 0 amide bonds. The lowest BCUT2D eigenvalue weighted by molar-refractivity contribution is 0.105. The van der Waals surface area contributed by atoms with Crippen molar-refractivity contribution < 1.29 is 10.2 Å². The zero-order chi connectivity index (χ0) is 9.68. The molecule has 1 atom stereocenters. The van der Waals surface area contributed by atoms with Crippen molar-refractivity contribution in [3.63, 3.8) is 0 Å². The quantitative estimate of drug-likeness (QED) is 0.637. The van der Waals surface area contributed by atoms with Gasteiger partial charge in [-0.15, -0.1) is 0 Å². The van der Waals surface area contributed by atoms with Crippen molar-refractivity contribution in [3.05, 3.63) is 17.5 Å². The molecule has 0 aliphatic heterocycles. The summed E-state index contributed by atoms with van der Waals surface area (Å²) < 4.78 is 0. The predicted octanol–water partition coefficient (Wildman–Crippen LogP) is -0.105. The van der Waals surface area contributed by atoms with E-state index in [0.717, 1.165) is 0 Å². The lowest BCUT2D eigenvalue weighted by Gasteiger charge is -2.09. The van der Waals surface area contributed by atoms with E-state index in [2.05, 4.69) is 15.3 Å². The normalized spacial score (nSPS) is 12.5. The Labute approximate surface area is 80.4 Å². The van der Waals surface area contributed by atoms with Crippen molar-refractivity contribution in [3.8, 4) is 0 Å². The summed E-state index contributed by atoms with van der Waals surface area (Å²) in [5.74, 6) is 0.400. The van der Waals surface area contributed by atoms with Gasteiger partial charge in [0.05, 0.1) is 12.7 Å². The van der Waals surface area contributed by atoms with E-state index >= 15 is 0 Å². The summed E-state index contributed by atoms with van der Waals surface area (Å²) in [4.78, 5) is 7.67. The topological polar surface area (TPSA) is 78.3 Å². The third kappa shape index (κ3) is 3.14. The predicted molar refractivity (Wildman–Crippen MR) is 48.6 cm³/mol. The number of aliphatic hydroxyl groups excluding tert-OH is 2. The van der Waals surface area contributed by atoms with Gasteiger partial charge in [-0.2, -0.15) is 0 Å². The molecule has 3 N–H and O–H groups in total. The van der Waals surface area contributed by atoms with Gasteiger partial charge in [-0.1, -0.05) is 11.6 Å². The molecule has 0 fully saturated rings. The summed E-state index contributed by atoms with van der Waals surface area (Å²) in [7, 11) is 0. The van der Waals surface area contributed by atoms with Crippen molar-refractivity contribution in [2.75, 3.05) is 18.5 Å². The Bertz CT molecular complexity index is 272. The summed E-state index contributed by atoms with van der Waals surface area (Å²) in [5, 5.41) is 20.5. The van der Waals surface area contributed by atoms with E-state index in [4.69, 9.17) is 21.8 Å². The number of aromatic nitrogens is 2. The van der Waals surface area contributed by atoms with Gasteiger partial charge in [-0.3, -0.25) is 0 Å². The fourth-order valence-electron chi connectivity index (χ4n) is 0.719. The van der Waals surface area contributed by atoms with Crippen molar-refractivity contribution in [1.29, 1.82) is 0 Å². The van der Waals surface area contributed by atoms with Gasteiger partial charge in [0, 0.05) is 18.9 Å². The van der Waals surface area contributed by atoms with E-state index in [9.17, 15) is 0 Å². The van der Waals surface area contributed by atoms with Crippen LogP contribution in [0.25, 0.3) is 0 Å². The molecular formula is C7H10ClN3O2. The van der Waals surface area contributed by atoms with Crippen LogP contribution in [-0.2, 0) is 0 Å². The molecule has 0 saturated heterocycles. The van der Waals surface area contributed by atoms with Crippen LogP contribution in [0.1, 0.15) is 0 Å². The molecule has 0 aromatic carbocycles. The maximum atomic E-state index is 9.01. The van der Waals surface area contributed by atoms with Gasteiger partial charge in [0.25, 0.3) is 0 Å². The third-order valence-electron chi connectivity index (χ3n) is 1.37. The van der Waals surface area contributed by atoms with Gasteiger partial charge in [-0.05, 0) is 0 Å². The standard InChI is InChI=1S/C7H10ClN3O2/c8-6-7(10-2-1-9-6)11-3-5(13)4-12/h1-2,5,12-13H,3-4H2,(H,10,11). The average Bonchev–Trinajstić information content (AvgIpc) is 2.16. The molecule has 5 nitrogen and oxygen atoms in total. The van der Waals surface area contributed by atoms with Crippen LogP contribution in [0.3, 0.4) is 0 Å². The highest BCUT2D eigenvalue weighted by atomic mass is 35.5. The molecule has 13 heavy (non-hydrogen) atoms. The second-order valence-corrected chi connectivity index (χ2v) is 2.77. The maximum absolute atomic E-state index is 9.01. The molecule has 0 spiro atoms. The minimum atomic E-state index is -0.821. The molecular weight excluding hydrogens is 194 g/mol. The molecule has 72 valence electrons. The summed E-state index contributed by atoms with van der Waals surface area (Å²) in [5.41, 5.74) is 0. The van der Waals surface area contributed by atoms with Crippen LogP contribution in [0.2, 0.25) is 5.15 Å². The maximum Gasteiger partial charge on any atom is 0.171 e. The zero-order valence-corrected chi connectivity index (χ0v) is 7.57. The molecule has 6 heteroatoms. The van der Waals surface area contributed by atoms with E-state index in [1.165, 1.54) is 12.4 Å². The number of nitrogens with zero attached hydrogens (tertiary/aromatic N) is 2. The van der Waals surface area contributed by atoms with E-state index in [0.29, 0.717) is 5.82 Å². The number of rotatable bonds is 4. The highest BCUT2D eigenvalue weighted by Crippen LogP contribution is 2.13. The SMILES string of the molecule is OCC(O)CNc1nccnc1Cl. The van der Waals surface area contributed by atoms with Gasteiger partial charge in [-0.25, -0.2) is 9.97 Å². The molecule has 0 aliphatic rings. The third-order valence-corrected chi connectivity index (χ3v) is 1.65. The van der Waals surface area contributed by atoms with Gasteiger partial charge in [0.1, 0.15) is 0 Å². The van der Waals surface area contributed by atoms with Crippen LogP contribution in [0.5, 0.6) is 0 Å². The Hall–Kier alpha value is -0.910. The first-order valence-corrected chi connectivity index (χ1v) is 4.11. The van der Waals surface area contributed by atoms with Gasteiger partial charge in [0.15, 0.2) is 11.0 Å². The van der Waals surface area contributed by atoms with E-state index in [1.54, 1.807) is 0 Å². The van der Waals surface area contributed by atoms with Crippen molar-refractivity contribution in [2.45, 2.75) is 6.10 Å². The molecule has 1 heterocycles. The lowest BCUT2D eigenvalue weighted by Crippen LogP contribution is -2.23. The molecule has 0 bridgehead atoms. The van der Waals surface area contributed by atoms with Crippen LogP contribution in [0.4, 0.5) is 5.82 Å². The second kappa shape index (κ2) is 4.96. The highest BCUT2D eigenvalue weighted by Gasteiger charge is 2.04.